The van der Waals surface area contributed by atoms with Crippen molar-refractivity contribution in [3.63, 3.8) is 0 Å². The van der Waals surface area contributed by atoms with Gasteiger partial charge in [-0.15, -0.1) is 0 Å². The van der Waals surface area contributed by atoms with Gasteiger partial charge in [-0.05, 0) is 5.92 Å². The molecule has 18 heavy (non-hydrogen) atoms. The van der Waals surface area contributed by atoms with Gasteiger partial charge in [-0.25, -0.2) is 9.18 Å². The molecule has 1 N–H and O–H groups in total. The van der Waals surface area contributed by atoms with Crippen LogP contribution in [-0.2, 0) is 9.53 Å². The van der Waals surface area contributed by atoms with Gasteiger partial charge in [0.1, 0.15) is 0 Å². The summed E-state index contributed by atoms with van der Waals surface area (Å²) in [6.45, 7) is 4.66. The first-order chi connectivity index (χ1) is 8.39. The lowest BCUT2D eigenvalue weighted by molar-refractivity contribution is -0.135. The first-order valence-electron chi connectivity index (χ1n) is 6.22. The van der Waals surface area contributed by atoms with Crippen molar-refractivity contribution in [3.8, 4) is 0 Å². The number of halogens is 1. The van der Waals surface area contributed by atoms with E-state index in [1.807, 2.05) is 13.8 Å². The number of hydrogen-bond donors (Lipinski definition) is 1. The van der Waals surface area contributed by atoms with E-state index in [1.165, 1.54) is 11.9 Å². The standard InChI is InChI=1S/C12H21FN2O3/c1-9(2)8-18-11(17)15-6-4-12(13,5-7-15)10(16)14-3/h9H,4-8H2,1-3H3,(H,14,16). The molecule has 1 rings (SSSR count). The second-order valence-electron chi connectivity index (χ2n) is 5.00. The minimum Gasteiger partial charge on any atom is -0.449 e. The Morgan fingerprint density at radius 2 is 1.94 bits per heavy atom. The Bertz CT molecular complexity index is 312. The summed E-state index contributed by atoms with van der Waals surface area (Å²) in [4.78, 5) is 24.4. The predicted octanol–water partition coefficient (Wildman–Crippen LogP) is 1.33. The van der Waals surface area contributed by atoms with Crippen LogP contribution >= 0.6 is 0 Å². The number of nitrogens with zero attached hydrogens (tertiary/aromatic N) is 1. The van der Waals surface area contributed by atoms with Gasteiger partial charge in [0, 0.05) is 33.0 Å². The summed E-state index contributed by atoms with van der Waals surface area (Å²) in [5, 5.41) is 2.31. The molecule has 0 saturated carbocycles. The van der Waals surface area contributed by atoms with Crippen molar-refractivity contribution in [2.45, 2.75) is 32.4 Å². The number of amides is 2. The van der Waals surface area contributed by atoms with Crippen LogP contribution in [0, 0.1) is 5.92 Å². The van der Waals surface area contributed by atoms with Crippen LogP contribution in [0.2, 0.25) is 0 Å². The minimum atomic E-state index is -1.86. The number of carbonyl (C=O) groups excluding carboxylic acids is 2. The smallest absolute Gasteiger partial charge is 0.409 e. The Hall–Kier alpha value is -1.33. The lowest BCUT2D eigenvalue weighted by Crippen LogP contribution is -2.51. The number of alkyl halides is 1. The van der Waals surface area contributed by atoms with Crippen molar-refractivity contribution in [2.24, 2.45) is 5.92 Å². The van der Waals surface area contributed by atoms with E-state index in [-0.39, 0.29) is 31.8 Å². The number of likely N-dealkylation sites (tertiary alicyclic amines) is 1. The molecular formula is C12H21FN2O3. The third kappa shape index (κ3) is 3.58. The van der Waals surface area contributed by atoms with Gasteiger partial charge in [0.15, 0.2) is 5.67 Å². The number of nitrogens with one attached hydrogen (secondary N) is 1. The fourth-order valence-corrected chi connectivity index (χ4v) is 1.82. The van der Waals surface area contributed by atoms with Crippen molar-refractivity contribution in [2.75, 3.05) is 26.7 Å². The van der Waals surface area contributed by atoms with Gasteiger partial charge in [-0.3, -0.25) is 4.79 Å². The molecule has 1 saturated heterocycles. The van der Waals surface area contributed by atoms with Crippen LogP contribution in [0.4, 0.5) is 9.18 Å². The first kappa shape index (κ1) is 14.7. The molecule has 5 nitrogen and oxygen atoms in total. The Kier molecular flexibility index (Phi) is 4.93. The molecule has 0 bridgehead atoms. The van der Waals surface area contributed by atoms with Gasteiger partial charge in [-0.1, -0.05) is 13.8 Å². The number of ether oxygens (including phenoxy) is 1. The molecule has 0 aromatic rings. The summed E-state index contributed by atoms with van der Waals surface area (Å²) in [6, 6.07) is 0. The number of piperidine rings is 1. The maximum absolute atomic E-state index is 14.1. The van der Waals surface area contributed by atoms with Gasteiger partial charge in [0.2, 0.25) is 0 Å². The van der Waals surface area contributed by atoms with E-state index in [2.05, 4.69) is 5.32 Å². The average molecular weight is 260 g/mol. The van der Waals surface area contributed by atoms with Gasteiger partial charge >= 0.3 is 6.09 Å². The summed E-state index contributed by atoms with van der Waals surface area (Å²) < 4.78 is 19.2. The van der Waals surface area contributed by atoms with E-state index in [0.717, 1.165) is 0 Å². The maximum Gasteiger partial charge on any atom is 0.409 e. The Labute approximate surface area is 107 Å². The number of hydrogen-bond acceptors (Lipinski definition) is 3. The summed E-state index contributed by atoms with van der Waals surface area (Å²) >= 11 is 0. The van der Waals surface area contributed by atoms with E-state index in [1.54, 1.807) is 0 Å². The minimum absolute atomic E-state index is 0.0173. The number of rotatable bonds is 3. The molecule has 1 aliphatic heterocycles. The van der Waals surface area contributed by atoms with E-state index >= 15 is 0 Å². The SMILES string of the molecule is CNC(=O)C1(F)CCN(C(=O)OCC(C)C)CC1. The summed E-state index contributed by atoms with van der Waals surface area (Å²) in [6.07, 6.45) is -0.393. The molecule has 104 valence electrons. The molecule has 1 heterocycles. The molecule has 0 aliphatic carbocycles. The van der Waals surface area contributed by atoms with Crippen molar-refractivity contribution in [1.82, 2.24) is 10.2 Å². The van der Waals surface area contributed by atoms with Gasteiger partial charge in [0.05, 0.1) is 6.61 Å². The molecule has 0 unspecified atom stereocenters. The molecule has 2 amide bonds. The molecule has 6 heteroatoms. The average Bonchev–Trinajstić information content (AvgIpc) is 2.35. The van der Waals surface area contributed by atoms with Crippen LogP contribution in [0.25, 0.3) is 0 Å². The molecule has 0 spiro atoms. The van der Waals surface area contributed by atoms with Crippen LogP contribution in [0.1, 0.15) is 26.7 Å². The van der Waals surface area contributed by atoms with E-state index in [9.17, 15) is 14.0 Å². The zero-order chi connectivity index (χ0) is 13.8. The van der Waals surface area contributed by atoms with Crippen molar-refractivity contribution in [3.05, 3.63) is 0 Å². The molecule has 0 aromatic heterocycles. The summed E-state index contributed by atoms with van der Waals surface area (Å²) in [5.74, 6) is -0.345. The Balaban J connectivity index is 2.43. The van der Waals surface area contributed by atoms with Crippen molar-refractivity contribution < 1.29 is 18.7 Å². The molecule has 0 radical (unpaired) electrons. The maximum atomic E-state index is 14.1. The predicted molar refractivity (Wildman–Crippen MR) is 64.9 cm³/mol. The lowest BCUT2D eigenvalue weighted by Gasteiger charge is -2.34. The zero-order valence-electron chi connectivity index (χ0n) is 11.2. The fourth-order valence-electron chi connectivity index (χ4n) is 1.82. The molecule has 0 atom stereocenters. The highest BCUT2D eigenvalue weighted by molar-refractivity contribution is 5.85. The topological polar surface area (TPSA) is 58.6 Å². The largest absolute Gasteiger partial charge is 0.449 e. The fraction of sp³-hybridized carbons (Fsp3) is 0.833. The quantitative estimate of drug-likeness (QED) is 0.832. The highest BCUT2D eigenvalue weighted by Crippen LogP contribution is 2.27. The van der Waals surface area contributed by atoms with Crippen LogP contribution in [0.5, 0.6) is 0 Å². The van der Waals surface area contributed by atoms with Crippen LogP contribution < -0.4 is 5.32 Å². The highest BCUT2D eigenvalue weighted by Gasteiger charge is 2.42. The van der Waals surface area contributed by atoms with Gasteiger partial charge < -0.3 is 15.0 Å². The Morgan fingerprint density at radius 3 is 2.39 bits per heavy atom. The van der Waals surface area contributed by atoms with E-state index < -0.39 is 17.7 Å². The second-order valence-corrected chi connectivity index (χ2v) is 5.00. The third-order valence-electron chi connectivity index (χ3n) is 2.99. The van der Waals surface area contributed by atoms with Gasteiger partial charge in [-0.2, -0.15) is 0 Å². The van der Waals surface area contributed by atoms with Crippen molar-refractivity contribution >= 4 is 12.0 Å². The van der Waals surface area contributed by atoms with Crippen LogP contribution in [0.15, 0.2) is 0 Å². The third-order valence-corrected chi connectivity index (χ3v) is 2.99. The first-order valence-corrected chi connectivity index (χ1v) is 6.22. The molecular weight excluding hydrogens is 239 g/mol. The number of carbonyl (C=O) groups is 2. The molecule has 1 fully saturated rings. The molecule has 1 aliphatic rings. The summed E-state index contributed by atoms with van der Waals surface area (Å²) in [5.41, 5.74) is -1.86. The Morgan fingerprint density at radius 1 is 1.39 bits per heavy atom. The van der Waals surface area contributed by atoms with Gasteiger partial charge in [0.25, 0.3) is 5.91 Å². The normalized spacial score (nSPS) is 18.6. The van der Waals surface area contributed by atoms with Crippen LogP contribution in [-0.4, -0.2) is 49.3 Å². The van der Waals surface area contributed by atoms with E-state index in [0.29, 0.717) is 6.61 Å². The summed E-state index contributed by atoms with van der Waals surface area (Å²) in [7, 11) is 1.41. The second kappa shape index (κ2) is 6.02. The van der Waals surface area contributed by atoms with Crippen molar-refractivity contribution in [1.29, 1.82) is 0 Å². The zero-order valence-corrected chi connectivity index (χ0v) is 11.2. The lowest BCUT2D eigenvalue weighted by atomic mass is 9.92. The molecule has 0 aromatic carbocycles. The van der Waals surface area contributed by atoms with Crippen LogP contribution in [0.3, 0.4) is 0 Å². The monoisotopic (exact) mass is 260 g/mol. The van der Waals surface area contributed by atoms with E-state index in [4.69, 9.17) is 4.74 Å². The highest BCUT2D eigenvalue weighted by atomic mass is 19.1.